The number of ether oxygens (including phenoxy) is 1. The average molecular weight is 865 g/mol. The molecule has 0 aliphatic carbocycles. The van der Waals surface area contributed by atoms with E-state index in [0.29, 0.717) is 6.61 Å². The van der Waals surface area contributed by atoms with Crippen LogP contribution in [0.25, 0.3) is 0 Å². The van der Waals surface area contributed by atoms with Crippen molar-refractivity contribution in [1.29, 1.82) is 0 Å². The van der Waals surface area contributed by atoms with Gasteiger partial charge < -0.3 is 20.4 Å². The SMILES string of the molecule is CCCCCCCCCCCCCCCCCCCCCCCCCCCCOC(=O)[O-].CCCCCCCCCCCCCCCCCCCCCCCCCCCC[NH3+]. The molecule has 0 fully saturated rings. The monoisotopic (exact) mass is 864 g/mol. The van der Waals surface area contributed by atoms with Crippen LogP contribution in [-0.2, 0) is 4.74 Å². The lowest BCUT2D eigenvalue weighted by atomic mass is 10.0. The molecule has 0 radical (unpaired) electrons. The number of carbonyl (C=O) groups excluding carboxylic acids is 1. The second kappa shape index (κ2) is 61.3. The van der Waals surface area contributed by atoms with Crippen molar-refractivity contribution in [3.63, 3.8) is 0 Å². The number of unbranched alkanes of at least 4 members (excludes halogenated alkanes) is 50. The van der Waals surface area contributed by atoms with E-state index in [9.17, 15) is 9.90 Å². The largest absolute Gasteiger partial charge is 0.550 e. The molecule has 0 atom stereocenters. The molecular weight excluding hydrogens is 747 g/mol. The Morgan fingerprint density at radius 2 is 0.426 bits per heavy atom. The number of quaternary nitrogens is 1. The van der Waals surface area contributed by atoms with E-state index >= 15 is 0 Å². The first-order valence-electron chi connectivity index (χ1n) is 28.8. The van der Waals surface area contributed by atoms with Crippen LogP contribution in [0.5, 0.6) is 0 Å². The topological polar surface area (TPSA) is 77.0 Å². The highest BCUT2D eigenvalue weighted by Crippen LogP contribution is 2.18. The molecule has 0 spiro atoms. The third kappa shape index (κ3) is 66.0. The molecule has 0 unspecified atom stereocenters. The van der Waals surface area contributed by atoms with E-state index in [0.717, 1.165) is 19.4 Å². The van der Waals surface area contributed by atoms with E-state index < -0.39 is 6.16 Å². The molecule has 0 aromatic rings. The highest BCUT2D eigenvalue weighted by molar-refractivity contribution is 5.53. The molecule has 0 aliphatic heterocycles. The van der Waals surface area contributed by atoms with Crippen LogP contribution in [-0.4, -0.2) is 19.3 Å². The summed E-state index contributed by atoms with van der Waals surface area (Å²) in [5.41, 5.74) is 3.92. The van der Waals surface area contributed by atoms with Gasteiger partial charge in [-0.15, -0.1) is 0 Å². The summed E-state index contributed by atoms with van der Waals surface area (Å²) in [6, 6.07) is 0. The number of hydrogen-bond acceptors (Lipinski definition) is 3. The van der Waals surface area contributed by atoms with Crippen LogP contribution in [0.1, 0.15) is 348 Å². The molecule has 0 heterocycles. The molecule has 0 aromatic heterocycles. The van der Waals surface area contributed by atoms with Gasteiger partial charge in [0.2, 0.25) is 0 Å². The summed E-state index contributed by atoms with van der Waals surface area (Å²) in [6.45, 7) is 6.01. The Hall–Kier alpha value is -0.770. The van der Waals surface area contributed by atoms with Crippen molar-refractivity contribution in [3.05, 3.63) is 0 Å². The second-order valence-corrected chi connectivity index (χ2v) is 19.6. The summed E-state index contributed by atoms with van der Waals surface area (Å²) >= 11 is 0. The summed E-state index contributed by atoms with van der Waals surface area (Å²) < 4.78 is 4.40. The molecule has 0 rings (SSSR count). The minimum atomic E-state index is -1.40. The first-order chi connectivity index (χ1) is 30.2. The summed E-state index contributed by atoms with van der Waals surface area (Å²) in [6.07, 6.45) is 72.6. The molecule has 4 heteroatoms. The lowest BCUT2D eigenvalue weighted by Gasteiger charge is -2.07. The summed E-state index contributed by atoms with van der Waals surface area (Å²) in [5.74, 6) is 0. The number of carbonyl (C=O) groups is 1. The molecule has 3 N–H and O–H groups in total. The maximum absolute atomic E-state index is 10.1. The van der Waals surface area contributed by atoms with Crippen molar-refractivity contribution in [2.45, 2.75) is 348 Å². The van der Waals surface area contributed by atoms with Crippen LogP contribution in [0.2, 0.25) is 0 Å². The van der Waals surface area contributed by atoms with Crippen LogP contribution >= 0.6 is 0 Å². The Labute approximate surface area is 386 Å². The quantitative estimate of drug-likeness (QED) is 0.0489. The Bertz CT molecular complexity index is 718. The van der Waals surface area contributed by atoms with E-state index in [4.69, 9.17) is 0 Å². The van der Waals surface area contributed by atoms with Crippen molar-refractivity contribution >= 4 is 6.16 Å². The van der Waals surface area contributed by atoms with E-state index in [-0.39, 0.29) is 0 Å². The van der Waals surface area contributed by atoms with Gasteiger partial charge in [0, 0.05) is 6.61 Å². The molecule has 0 aromatic carbocycles. The molecule has 61 heavy (non-hydrogen) atoms. The standard InChI is InChI=1S/C29H58O3.C28H59N/c1-2-3-4-5-6-7-8-9-10-11-12-13-14-15-16-17-18-19-20-21-22-23-24-25-26-27-28-32-29(30)31;1-2-3-4-5-6-7-8-9-10-11-12-13-14-15-16-17-18-19-20-21-22-23-24-25-26-27-28-29/h2-28H2,1H3,(H,30,31);2-29H2,1H3. The Balaban J connectivity index is 0. The van der Waals surface area contributed by atoms with Gasteiger partial charge in [-0.25, -0.2) is 0 Å². The highest BCUT2D eigenvalue weighted by atomic mass is 16.7. The molecule has 0 saturated carbocycles. The van der Waals surface area contributed by atoms with Crippen molar-refractivity contribution in [2.75, 3.05) is 13.2 Å². The van der Waals surface area contributed by atoms with Crippen molar-refractivity contribution in [3.8, 4) is 0 Å². The van der Waals surface area contributed by atoms with Gasteiger partial charge in [0.25, 0.3) is 6.16 Å². The molecule has 0 amide bonds. The summed E-state index contributed by atoms with van der Waals surface area (Å²) in [4.78, 5) is 10.1. The van der Waals surface area contributed by atoms with Gasteiger partial charge >= 0.3 is 0 Å². The molecule has 0 bridgehead atoms. The highest BCUT2D eigenvalue weighted by Gasteiger charge is 1.99. The fourth-order valence-electron chi connectivity index (χ4n) is 9.07. The normalized spacial score (nSPS) is 11.3. The number of rotatable bonds is 53. The third-order valence-electron chi connectivity index (χ3n) is 13.3. The predicted octanol–water partition coefficient (Wildman–Crippen LogP) is 18.9. The van der Waals surface area contributed by atoms with E-state index in [2.05, 4.69) is 24.3 Å². The number of hydrogen-bond donors (Lipinski definition) is 1. The first-order valence-corrected chi connectivity index (χ1v) is 28.8. The van der Waals surface area contributed by atoms with Crippen LogP contribution in [0.3, 0.4) is 0 Å². The Kier molecular flexibility index (Phi) is 62.6. The minimum absolute atomic E-state index is 0.293. The van der Waals surface area contributed by atoms with E-state index in [1.165, 1.54) is 321 Å². The molecule has 4 nitrogen and oxygen atoms in total. The average Bonchev–Trinajstić information content (AvgIpc) is 3.26. The van der Waals surface area contributed by atoms with Gasteiger partial charge in [-0.2, -0.15) is 0 Å². The summed E-state index contributed by atoms with van der Waals surface area (Å²) in [7, 11) is 0. The van der Waals surface area contributed by atoms with Crippen LogP contribution in [0.4, 0.5) is 4.79 Å². The van der Waals surface area contributed by atoms with Gasteiger partial charge in [0.05, 0.1) is 6.54 Å². The van der Waals surface area contributed by atoms with E-state index in [1.807, 2.05) is 0 Å². The molecule has 0 aliphatic rings. The van der Waals surface area contributed by atoms with Crippen molar-refractivity contribution < 1.29 is 20.4 Å². The van der Waals surface area contributed by atoms with Gasteiger partial charge in [-0.1, -0.05) is 328 Å². The zero-order valence-electron chi connectivity index (χ0n) is 42.6. The van der Waals surface area contributed by atoms with Crippen LogP contribution < -0.4 is 10.8 Å². The van der Waals surface area contributed by atoms with Gasteiger partial charge in [-0.3, -0.25) is 0 Å². The van der Waals surface area contributed by atoms with Gasteiger partial charge in [0.1, 0.15) is 0 Å². The van der Waals surface area contributed by atoms with Crippen LogP contribution in [0.15, 0.2) is 0 Å². The molecule has 0 saturated heterocycles. The van der Waals surface area contributed by atoms with Crippen molar-refractivity contribution in [1.82, 2.24) is 0 Å². The number of carboxylic acid groups (broad SMARTS) is 1. The molecular formula is C57H117NO3. The van der Waals surface area contributed by atoms with Gasteiger partial charge in [0.15, 0.2) is 0 Å². The van der Waals surface area contributed by atoms with E-state index in [1.54, 1.807) is 0 Å². The van der Waals surface area contributed by atoms with Crippen LogP contribution in [0, 0.1) is 0 Å². The Morgan fingerprint density at radius 3 is 0.574 bits per heavy atom. The zero-order valence-corrected chi connectivity index (χ0v) is 42.6. The van der Waals surface area contributed by atoms with Crippen molar-refractivity contribution in [2.24, 2.45) is 0 Å². The third-order valence-corrected chi connectivity index (χ3v) is 13.3. The fraction of sp³-hybridized carbons (Fsp3) is 0.982. The smallest absolute Gasteiger partial charge is 0.251 e. The maximum Gasteiger partial charge on any atom is 0.251 e. The Morgan fingerprint density at radius 1 is 0.279 bits per heavy atom. The minimum Gasteiger partial charge on any atom is -0.550 e. The predicted molar refractivity (Wildman–Crippen MR) is 271 cm³/mol. The lowest BCUT2D eigenvalue weighted by Crippen LogP contribution is -2.50. The zero-order chi connectivity index (χ0) is 44.5. The first kappa shape index (κ1) is 62.3. The lowest BCUT2D eigenvalue weighted by molar-refractivity contribution is -0.368. The molecule has 368 valence electrons. The maximum atomic E-state index is 10.1. The second-order valence-electron chi connectivity index (χ2n) is 19.6. The fourth-order valence-corrected chi connectivity index (χ4v) is 9.07. The summed E-state index contributed by atoms with van der Waals surface area (Å²) in [5, 5.41) is 10.1. The van der Waals surface area contributed by atoms with Gasteiger partial charge in [-0.05, 0) is 19.3 Å².